The molecule has 3 rings (SSSR count). The lowest BCUT2D eigenvalue weighted by atomic mass is 10.1. The van der Waals surface area contributed by atoms with E-state index in [2.05, 4.69) is 51.8 Å². The summed E-state index contributed by atoms with van der Waals surface area (Å²) >= 11 is 2.35. The molecule has 2 heterocycles. The Morgan fingerprint density at radius 3 is 2.83 bits per heavy atom. The quantitative estimate of drug-likeness (QED) is 0.612. The monoisotopic (exact) mass is 353 g/mol. The van der Waals surface area contributed by atoms with Crippen LogP contribution in [0, 0.1) is 0 Å². The third-order valence-corrected chi connectivity index (χ3v) is 3.77. The maximum Gasteiger partial charge on any atom is 0.257 e. The minimum Gasteiger partial charge on any atom is -0.484 e. The van der Waals surface area contributed by atoms with Crippen LogP contribution in [0.25, 0.3) is 0 Å². The van der Waals surface area contributed by atoms with Crippen LogP contribution in [0.3, 0.4) is 0 Å². The molecule has 18 heavy (non-hydrogen) atoms. The van der Waals surface area contributed by atoms with Gasteiger partial charge in [0.15, 0.2) is 11.9 Å². The molecule has 0 N–H and O–H groups in total. The summed E-state index contributed by atoms with van der Waals surface area (Å²) in [5.74, 6) is 1.30. The molecule has 0 radical (unpaired) electrons. The number of benzene rings is 1. The summed E-state index contributed by atoms with van der Waals surface area (Å²) in [5, 5.41) is 0. The van der Waals surface area contributed by atoms with Gasteiger partial charge in [-0.15, -0.1) is 0 Å². The van der Waals surface area contributed by atoms with E-state index in [4.69, 9.17) is 9.47 Å². The first-order valence-electron chi connectivity index (χ1n) is 5.76. The summed E-state index contributed by atoms with van der Waals surface area (Å²) in [6, 6.07) is 12.2. The Hall–Kier alpha value is -1.30. The largest absolute Gasteiger partial charge is 0.484 e. The summed E-state index contributed by atoms with van der Waals surface area (Å²) in [6.45, 7) is 0.530. The topological polar surface area (TPSA) is 31.4 Å². The van der Waals surface area contributed by atoms with Crippen LogP contribution in [-0.4, -0.2) is 11.6 Å². The van der Waals surface area contributed by atoms with Gasteiger partial charge >= 0.3 is 0 Å². The summed E-state index contributed by atoms with van der Waals surface area (Å²) in [4.78, 5) is 4.18. The maximum absolute atomic E-state index is 5.85. The highest BCUT2D eigenvalue weighted by atomic mass is 127. The molecule has 4 heteroatoms. The number of halogens is 1. The van der Waals surface area contributed by atoms with Crippen LogP contribution < -0.4 is 9.47 Å². The second kappa shape index (κ2) is 5.14. The van der Waals surface area contributed by atoms with Gasteiger partial charge in [-0.1, -0.05) is 46.9 Å². The highest BCUT2D eigenvalue weighted by Gasteiger charge is 2.23. The third kappa shape index (κ3) is 2.29. The van der Waals surface area contributed by atoms with Gasteiger partial charge < -0.3 is 9.47 Å². The zero-order chi connectivity index (χ0) is 12.4. The first-order chi connectivity index (χ1) is 8.86. The number of pyridine rings is 1. The van der Waals surface area contributed by atoms with Gasteiger partial charge in [-0.05, 0) is 23.3 Å². The smallest absolute Gasteiger partial charge is 0.257 e. The average molecular weight is 353 g/mol. The molecule has 0 bridgehead atoms. The molecular formula is C14H12INO2. The summed E-state index contributed by atoms with van der Waals surface area (Å²) < 4.78 is 12.5. The molecule has 0 unspecified atom stereocenters. The summed E-state index contributed by atoms with van der Waals surface area (Å²) in [5.41, 5.74) is 2.44. The number of hydrogen-bond acceptors (Lipinski definition) is 3. The van der Waals surface area contributed by atoms with E-state index >= 15 is 0 Å². The zero-order valence-electron chi connectivity index (χ0n) is 9.67. The molecule has 3 nitrogen and oxygen atoms in total. The molecule has 1 aromatic heterocycles. The minimum absolute atomic E-state index is 0.0735. The molecule has 0 fully saturated rings. The number of nitrogens with zero attached hydrogens (tertiary/aromatic N) is 1. The molecule has 0 saturated carbocycles. The molecule has 1 aromatic carbocycles. The van der Waals surface area contributed by atoms with Crippen molar-refractivity contribution in [1.29, 1.82) is 0 Å². The number of aromatic nitrogens is 1. The van der Waals surface area contributed by atoms with Crippen LogP contribution in [0.4, 0.5) is 0 Å². The molecule has 0 saturated heterocycles. The molecule has 92 valence electrons. The van der Waals surface area contributed by atoms with E-state index in [0.717, 1.165) is 15.7 Å². The molecule has 1 aliphatic heterocycles. The van der Waals surface area contributed by atoms with Gasteiger partial charge in [0.05, 0.1) is 0 Å². The van der Waals surface area contributed by atoms with Gasteiger partial charge in [-0.3, -0.25) is 0 Å². The number of hydrogen-bond donors (Lipinski definition) is 0. The standard InChI is InChI=1S/C14H12INO2/c15-8-10-3-5-11(6-4-10)13-9-17-12-2-1-7-16-14(12)18-13/h1-7,13H,8-9H2/t13-/m1/s1. The van der Waals surface area contributed by atoms with Crippen molar-refractivity contribution in [2.24, 2.45) is 0 Å². The molecule has 1 atom stereocenters. The number of rotatable bonds is 2. The lowest BCUT2D eigenvalue weighted by Crippen LogP contribution is -2.22. The van der Waals surface area contributed by atoms with Crippen molar-refractivity contribution in [3.05, 3.63) is 53.7 Å². The molecule has 2 aromatic rings. The van der Waals surface area contributed by atoms with Gasteiger partial charge in [-0.2, -0.15) is 0 Å². The Bertz CT molecular complexity index is 542. The summed E-state index contributed by atoms with van der Waals surface area (Å²) in [6.07, 6.45) is 1.64. The zero-order valence-corrected chi connectivity index (χ0v) is 11.8. The van der Waals surface area contributed by atoms with Crippen LogP contribution in [0.15, 0.2) is 42.6 Å². The number of fused-ring (bicyclic) bond motifs is 1. The van der Waals surface area contributed by atoms with E-state index in [1.807, 2.05) is 12.1 Å². The van der Waals surface area contributed by atoms with E-state index in [1.165, 1.54) is 5.56 Å². The lowest BCUT2D eigenvalue weighted by molar-refractivity contribution is 0.0851. The Morgan fingerprint density at radius 1 is 1.22 bits per heavy atom. The van der Waals surface area contributed by atoms with Crippen LogP contribution in [0.5, 0.6) is 11.6 Å². The first kappa shape index (κ1) is 11.8. The van der Waals surface area contributed by atoms with E-state index in [9.17, 15) is 0 Å². The molecular weight excluding hydrogens is 341 g/mol. The SMILES string of the molecule is ICc1ccc([C@H]2COc3cccnc3O2)cc1. The van der Waals surface area contributed by atoms with Crippen LogP contribution in [0.1, 0.15) is 17.2 Å². The highest BCUT2D eigenvalue weighted by Crippen LogP contribution is 2.33. The maximum atomic E-state index is 5.85. The fourth-order valence-corrected chi connectivity index (χ4v) is 2.40. The van der Waals surface area contributed by atoms with Crippen molar-refractivity contribution >= 4 is 22.6 Å². The summed E-state index contributed by atoms with van der Waals surface area (Å²) in [7, 11) is 0. The van der Waals surface area contributed by atoms with Gasteiger partial charge in [0, 0.05) is 10.6 Å². The average Bonchev–Trinajstić information content (AvgIpc) is 2.47. The number of ether oxygens (including phenoxy) is 2. The van der Waals surface area contributed by atoms with Crippen LogP contribution >= 0.6 is 22.6 Å². The van der Waals surface area contributed by atoms with Crippen molar-refractivity contribution in [3.63, 3.8) is 0 Å². The highest BCUT2D eigenvalue weighted by molar-refractivity contribution is 14.1. The normalized spacial score (nSPS) is 17.5. The first-order valence-corrected chi connectivity index (χ1v) is 7.28. The molecule has 0 spiro atoms. The van der Waals surface area contributed by atoms with E-state index < -0.39 is 0 Å². The van der Waals surface area contributed by atoms with Crippen molar-refractivity contribution in [2.45, 2.75) is 10.5 Å². The molecule has 1 aliphatic rings. The van der Waals surface area contributed by atoms with Gasteiger partial charge in [-0.25, -0.2) is 4.98 Å². The Balaban J connectivity index is 1.82. The Kier molecular flexibility index (Phi) is 3.36. The minimum atomic E-state index is -0.0735. The van der Waals surface area contributed by atoms with Crippen LogP contribution in [-0.2, 0) is 4.43 Å². The van der Waals surface area contributed by atoms with Gasteiger partial charge in [0.25, 0.3) is 5.88 Å². The van der Waals surface area contributed by atoms with Crippen molar-refractivity contribution in [2.75, 3.05) is 6.61 Å². The van der Waals surface area contributed by atoms with E-state index in [0.29, 0.717) is 12.5 Å². The van der Waals surface area contributed by atoms with Crippen molar-refractivity contribution < 1.29 is 9.47 Å². The third-order valence-electron chi connectivity index (χ3n) is 2.89. The molecule has 0 amide bonds. The second-order valence-corrected chi connectivity index (χ2v) is 4.86. The lowest BCUT2D eigenvalue weighted by Gasteiger charge is -2.25. The Labute approximate surface area is 119 Å². The van der Waals surface area contributed by atoms with Crippen molar-refractivity contribution in [3.8, 4) is 11.6 Å². The predicted molar refractivity (Wildman–Crippen MR) is 77.3 cm³/mol. The van der Waals surface area contributed by atoms with Crippen molar-refractivity contribution in [1.82, 2.24) is 4.98 Å². The van der Waals surface area contributed by atoms with Gasteiger partial charge in [0.1, 0.15) is 6.61 Å². The van der Waals surface area contributed by atoms with E-state index in [1.54, 1.807) is 6.20 Å². The molecule has 0 aliphatic carbocycles. The van der Waals surface area contributed by atoms with E-state index in [-0.39, 0.29) is 6.10 Å². The second-order valence-electron chi connectivity index (χ2n) is 4.10. The predicted octanol–water partition coefficient (Wildman–Crippen LogP) is 3.53. The van der Waals surface area contributed by atoms with Gasteiger partial charge in [0.2, 0.25) is 0 Å². The fourth-order valence-electron chi connectivity index (χ4n) is 1.89. The number of alkyl halides is 1. The fraction of sp³-hybridized carbons (Fsp3) is 0.214. The Morgan fingerprint density at radius 2 is 2.06 bits per heavy atom. The van der Waals surface area contributed by atoms with Crippen LogP contribution in [0.2, 0.25) is 0 Å².